The second-order valence-electron chi connectivity index (χ2n) is 6.86. The summed E-state index contributed by atoms with van der Waals surface area (Å²) in [5.74, 6) is -0.528. The number of hydrogen-bond donors (Lipinski definition) is 0. The smallest absolute Gasteiger partial charge is 0.123 e. The van der Waals surface area contributed by atoms with Crippen LogP contribution >= 0.6 is 0 Å². The fourth-order valence-corrected chi connectivity index (χ4v) is 4.04. The molecule has 0 aliphatic rings. The van der Waals surface area contributed by atoms with Gasteiger partial charge in [-0.15, -0.1) is 0 Å². The van der Waals surface area contributed by atoms with E-state index in [4.69, 9.17) is 0 Å². The summed E-state index contributed by atoms with van der Waals surface area (Å²) in [4.78, 5) is 0. The lowest BCUT2D eigenvalue weighted by molar-refractivity contribution is 0.628. The van der Waals surface area contributed by atoms with Crippen LogP contribution in [0, 0.1) is 11.6 Å². The van der Waals surface area contributed by atoms with Crippen molar-refractivity contribution in [3.05, 3.63) is 109 Å². The Hall–Kier alpha value is -3.52. The Bertz CT molecular complexity index is 1170. The van der Waals surface area contributed by atoms with E-state index in [0.29, 0.717) is 0 Å². The molecule has 5 aromatic carbocycles. The van der Waals surface area contributed by atoms with Crippen molar-refractivity contribution in [1.29, 1.82) is 0 Å². The molecular weight excluding hydrogens is 350 g/mol. The predicted octanol–water partition coefficient (Wildman–Crippen LogP) is 7.61. The molecule has 2 heteroatoms. The van der Waals surface area contributed by atoms with Crippen LogP contribution in [-0.4, -0.2) is 0 Å². The van der Waals surface area contributed by atoms with E-state index in [1.165, 1.54) is 12.1 Å². The normalized spacial score (nSPS) is 11.2. The zero-order valence-corrected chi connectivity index (χ0v) is 15.0. The molecule has 0 unspecified atom stereocenters. The van der Waals surface area contributed by atoms with Gasteiger partial charge >= 0.3 is 0 Å². The quantitative estimate of drug-likeness (QED) is 0.282. The molecule has 0 bridgehead atoms. The Morgan fingerprint density at radius 2 is 0.750 bits per heavy atom. The largest absolute Gasteiger partial charge is 0.207 e. The second kappa shape index (κ2) is 6.58. The van der Waals surface area contributed by atoms with E-state index in [2.05, 4.69) is 0 Å². The van der Waals surface area contributed by atoms with Crippen molar-refractivity contribution in [1.82, 2.24) is 0 Å². The van der Waals surface area contributed by atoms with Gasteiger partial charge in [0.15, 0.2) is 0 Å². The summed E-state index contributed by atoms with van der Waals surface area (Å²) in [6.07, 6.45) is 0. The van der Waals surface area contributed by atoms with Crippen molar-refractivity contribution >= 4 is 21.5 Å². The third-order valence-electron chi connectivity index (χ3n) is 5.16. The fraction of sp³-hybridized carbons (Fsp3) is 0. The van der Waals surface area contributed by atoms with Crippen molar-refractivity contribution in [2.24, 2.45) is 0 Å². The first-order chi connectivity index (χ1) is 13.7. The minimum atomic E-state index is -0.264. The monoisotopic (exact) mass is 366 g/mol. The van der Waals surface area contributed by atoms with Crippen LogP contribution in [0.25, 0.3) is 43.8 Å². The molecule has 0 aromatic heterocycles. The summed E-state index contributed by atoms with van der Waals surface area (Å²) < 4.78 is 28.0. The molecule has 0 radical (unpaired) electrons. The van der Waals surface area contributed by atoms with Gasteiger partial charge in [0, 0.05) is 0 Å². The molecule has 0 nitrogen and oxygen atoms in total. The van der Waals surface area contributed by atoms with Gasteiger partial charge in [-0.05, 0) is 68.1 Å². The molecule has 0 spiro atoms. The molecule has 0 aliphatic heterocycles. The average molecular weight is 366 g/mol. The Labute approximate surface area is 161 Å². The summed E-state index contributed by atoms with van der Waals surface area (Å²) in [5, 5.41) is 4.08. The number of halogens is 2. The van der Waals surface area contributed by atoms with Crippen LogP contribution in [-0.2, 0) is 0 Å². The molecule has 0 fully saturated rings. The number of rotatable bonds is 2. The van der Waals surface area contributed by atoms with Crippen molar-refractivity contribution in [3.8, 4) is 22.3 Å². The van der Waals surface area contributed by atoms with Gasteiger partial charge < -0.3 is 0 Å². The zero-order chi connectivity index (χ0) is 19.1. The molecule has 134 valence electrons. The molecule has 0 heterocycles. The molecular formula is C26H16F2. The van der Waals surface area contributed by atoms with E-state index < -0.39 is 0 Å². The molecule has 0 saturated carbocycles. The Kier molecular flexibility index (Phi) is 3.91. The van der Waals surface area contributed by atoms with Gasteiger partial charge in [0.1, 0.15) is 11.6 Å². The van der Waals surface area contributed by atoms with Gasteiger partial charge in [0.2, 0.25) is 0 Å². The van der Waals surface area contributed by atoms with Crippen LogP contribution in [0.15, 0.2) is 97.1 Å². The third kappa shape index (κ3) is 2.66. The first kappa shape index (κ1) is 16.6. The Balaban J connectivity index is 2.00. The summed E-state index contributed by atoms with van der Waals surface area (Å²) in [7, 11) is 0. The summed E-state index contributed by atoms with van der Waals surface area (Å²) in [6.45, 7) is 0. The average Bonchev–Trinajstić information content (AvgIpc) is 2.72. The SMILES string of the molecule is Fc1cccc(-c2c3ccccc3c(-c3cccc(F)c3)c3ccccc23)c1. The van der Waals surface area contributed by atoms with Crippen LogP contribution in [0.3, 0.4) is 0 Å². The van der Waals surface area contributed by atoms with Crippen LogP contribution in [0.5, 0.6) is 0 Å². The van der Waals surface area contributed by atoms with E-state index in [0.717, 1.165) is 43.8 Å². The van der Waals surface area contributed by atoms with E-state index in [1.54, 1.807) is 24.3 Å². The summed E-state index contributed by atoms with van der Waals surface area (Å²) in [5.41, 5.74) is 3.65. The van der Waals surface area contributed by atoms with Crippen LogP contribution in [0.1, 0.15) is 0 Å². The number of hydrogen-bond acceptors (Lipinski definition) is 0. The molecule has 0 aliphatic carbocycles. The summed E-state index contributed by atoms with van der Waals surface area (Å²) >= 11 is 0. The van der Waals surface area contributed by atoms with Crippen molar-refractivity contribution < 1.29 is 8.78 Å². The number of benzene rings is 5. The molecule has 28 heavy (non-hydrogen) atoms. The van der Waals surface area contributed by atoms with E-state index in [1.807, 2.05) is 60.7 Å². The van der Waals surface area contributed by atoms with Gasteiger partial charge in [-0.25, -0.2) is 8.78 Å². The first-order valence-corrected chi connectivity index (χ1v) is 9.18. The maximum Gasteiger partial charge on any atom is 0.123 e. The molecule has 0 N–H and O–H groups in total. The van der Waals surface area contributed by atoms with Gasteiger partial charge in [-0.2, -0.15) is 0 Å². The van der Waals surface area contributed by atoms with Crippen molar-refractivity contribution in [2.75, 3.05) is 0 Å². The highest BCUT2D eigenvalue weighted by Gasteiger charge is 2.16. The van der Waals surface area contributed by atoms with Gasteiger partial charge in [-0.3, -0.25) is 0 Å². The van der Waals surface area contributed by atoms with Gasteiger partial charge in [0.05, 0.1) is 0 Å². The third-order valence-corrected chi connectivity index (χ3v) is 5.16. The van der Waals surface area contributed by atoms with E-state index >= 15 is 0 Å². The second-order valence-corrected chi connectivity index (χ2v) is 6.86. The molecule has 5 aromatic rings. The fourth-order valence-electron chi connectivity index (χ4n) is 4.04. The molecule has 5 rings (SSSR count). The zero-order valence-electron chi connectivity index (χ0n) is 15.0. The van der Waals surface area contributed by atoms with Crippen LogP contribution in [0.4, 0.5) is 8.78 Å². The minimum Gasteiger partial charge on any atom is -0.207 e. The minimum absolute atomic E-state index is 0.264. The Morgan fingerprint density at radius 1 is 0.393 bits per heavy atom. The van der Waals surface area contributed by atoms with E-state index in [-0.39, 0.29) is 11.6 Å². The topological polar surface area (TPSA) is 0 Å². The van der Waals surface area contributed by atoms with Crippen molar-refractivity contribution in [3.63, 3.8) is 0 Å². The van der Waals surface area contributed by atoms with Gasteiger partial charge in [-0.1, -0.05) is 72.8 Å². The van der Waals surface area contributed by atoms with Gasteiger partial charge in [0.25, 0.3) is 0 Å². The molecule has 0 amide bonds. The van der Waals surface area contributed by atoms with Crippen molar-refractivity contribution in [2.45, 2.75) is 0 Å². The highest BCUT2D eigenvalue weighted by molar-refractivity contribution is 6.21. The first-order valence-electron chi connectivity index (χ1n) is 9.18. The predicted molar refractivity (Wildman–Crippen MR) is 112 cm³/mol. The molecule has 0 atom stereocenters. The maximum atomic E-state index is 14.0. The highest BCUT2D eigenvalue weighted by Crippen LogP contribution is 2.43. The summed E-state index contributed by atoms with van der Waals surface area (Å²) in [6, 6.07) is 29.5. The van der Waals surface area contributed by atoms with Crippen LogP contribution in [0.2, 0.25) is 0 Å². The van der Waals surface area contributed by atoms with E-state index in [9.17, 15) is 8.78 Å². The maximum absolute atomic E-state index is 14.0. The number of fused-ring (bicyclic) bond motifs is 2. The molecule has 0 saturated heterocycles. The Morgan fingerprint density at radius 3 is 1.07 bits per heavy atom. The highest BCUT2D eigenvalue weighted by atomic mass is 19.1. The van der Waals surface area contributed by atoms with Crippen LogP contribution < -0.4 is 0 Å². The lowest BCUT2D eigenvalue weighted by atomic mass is 9.86. The lowest BCUT2D eigenvalue weighted by Crippen LogP contribution is -1.91. The standard InChI is InChI=1S/C26H16F2/c27-19-9-5-7-17(15-19)25-21-11-1-2-12-22(21)26(18-8-6-10-20(28)16-18)24-14-4-3-13-23(24)25/h1-16H. The lowest BCUT2D eigenvalue weighted by Gasteiger charge is -2.17.